The van der Waals surface area contributed by atoms with Gasteiger partial charge in [-0.05, 0) is 43.7 Å². The van der Waals surface area contributed by atoms with Crippen LogP contribution in [0.25, 0.3) is 0 Å². The first-order chi connectivity index (χ1) is 5.95. The number of hydrogen-bond acceptors (Lipinski definition) is 2. The Bertz CT molecular complexity index is 212. The SMILES string of the molecule is c1csc(CCC2CCCN2)c1. The van der Waals surface area contributed by atoms with Gasteiger partial charge in [-0.3, -0.25) is 0 Å². The minimum Gasteiger partial charge on any atom is -0.314 e. The maximum absolute atomic E-state index is 3.52. The van der Waals surface area contributed by atoms with Crippen LogP contribution in [-0.4, -0.2) is 12.6 Å². The molecule has 1 unspecified atom stereocenters. The minimum absolute atomic E-state index is 0.798. The molecule has 1 aliphatic rings. The zero-order valence-electron chi connectivity index (χ0n) is 7.25. The first-order valence-electron chi connectivity index (χ1n) is 4.71. The quantitative estimate of drug-likeness (QED) is 0.755. The second kappa shape index (κ2) is 4.06. The Kier molecular flexibility index (Phi) is 2.79. The third kappa shape index (κ3) is 2.08. The molecule has 0 radical (unpaired) electrons. The summed E-state index contributed by atoms with van der Waals surface area (Å²) in [6.07, 6.45) is 5.33. The summed E-state index contributed by atoms with van der Waals surface area (Å²) in [5.41, 5.74) is 0. The number of rotatable bonds is 3. The average Bonchev–Trinajstić information content (AvgIpc) is 2.74. The summed E-state index contributed by atoms with van der Waals surface area (Å²) >= 11 is 1.88. The Morgan fingerprint density at radius 2 is 2.58 bits per heavy atom. The molecule has 0 spiro atoms. The van der Waals surface area contributed by atoms with Gasteiger partial charge in [-0.25, -0.2) is 0 Å². The summed E-state index contributed by atoms with van der Waals surface area (Å²) in [5, 5.41) is 5.69. The third-order valence-corrected chi connectivity index (χ3v) is 3.42. The molecular weight excluding hydrogens is 166 g/mol. The van der Waals surface area contributed by atoms with Gasteiger partial charge in [-0.1, -0.05) is 6.07 Å². The Morgan fingerprint density at radius 1 is 1.58 bits per heavy atom. The van der Waals surface area contributed by atoms with Crippen LogP contribution < -0.4 is 5.32 Å². The van der Waals surface area contributed by atoms with Gasteiger partial charge in [0.1, 0.15) is 0 Å². The Balaban J connectivity index is 1.74. The standard InChI is InChI=1S/C10H15NS/c1-3-9(11-7-1)5-6-10-4-2-8-12-10/h2,4,8-9,11H,1,3,5-7H2. The first-order valence-corrected chi connectivity index (χ1v) is 5.59. The van der Waals surface area contributed by atoms with Crippen molar-refractivity contribution < 1.29 is 0 Å². The van der Waals surface area contributed by atoms with Gasteiger partial charge >= 0.3 is 0 Å². The maximum Gasteiger partial charge on any atom is 0.00709 e. The van der Waals surface area contributed by atoms with E-state index >= 15 is 0 Å². The van der Waals surface area contributed by atoms with Gasteiger partial charge in [-0.15, -0.1) is 11.3 Å². The first kappa shape index (κ1) is 8.27. The molecule has 2 heterocycles. The molecule has 0 aromatic carbocycles. The average molecular weight is 181 g/mol. The molecular formula is C10H15NS. The van der Waals surface area contributed by atoms with E-state index in [1.165, 1.54) is 37.1 Å². The molecule has 66 valence electrons. The zero-order valence-corrected chi connectivity index (χ0v) is 8.07. The fourth-order valence-electron chi connectivity index (χ4n) is 1.77. The topological polar surface area (TPSA) is 12.0 Å². The van der Waals surface area contributed by atoms with E-state index in [9.17, 15) is 0 Å². The van der Waals surface area contributed by atoms with Crippen molar-refractivity contribution in [3.8, 4) is 0 Å². The van der Waals surface area contributed by atoms with Crippen molar-refractivity contribution >= 4 is 11.3 Å². The highest BCUT2D eigenvalue weighted by Crippen LogP contribution is 2.15. The summed E-state index contributed by atoms with van der Waals surface area (Å²) in [6, 6.07) is 5.17. The molecule has 1 aromatic heterocycles. The van der Waals surface area contributed by atoms with Crippen molar-refractivity contribution in [1.29, 1.82) is 0 Å². The monoisotopic (exact) mass is 181 g/mol. The van der Waals surface area contributed by atoms with Gasteiger partial charge in [0.25, 0.3) is 0 Å². The largest absolute Gasteiger partial charge is 0.314 e. The van der Waals surface area contributed by atoms with Crippen molar-refractivity contribution in [3.05, 3.63) is 22.4 Å². The van der Waals surface area contributed by atoms with Gasteiger partial charge in [0, 0.05) is 10.9 Å². The lowest BCUT2D eigenvalue weighted by atomic mass is 10.1. The van der Waals surface area contributed by atoms with E-state index in [0.717, 1.165) is 6.04 Å². The predicted molar refractivity (Wildman–Crippen MR) is 53.7 cm³/mol. The molecule has 1 aliphatic heterocycles. The second-order valence-corrected chi connectivity index (χ2v) is 4.44. The Labute approximate surface area is 77.8 Å². The van der Waals surface area contributed by atoms with Gasteiger partial charge in [0.05, 0.1) is 0 Å². The second-order valence-electron chi connectivity index (χ2n) is 3.41. The molecule has 1 saturated heterocycles. The van der Waals surface area contributed by atoms with Crippen LogP contribution in [0.4, 0.5) is 0 Å². The molecule has 0 bridgehead atoms. The van der Waals surface area contributed by atoms with Crippen LogP contribution in [0.15, 0.2) is 17.5 Å². The molecule has 1 nitrogen and oxygen atoms in total. The van der Waals surface area contributed by atoms with Crippen LogP contribution in [0.5, 0.6) is 0 Å². The fourth-order valence-corrected chi connectivity index (χ4v) is 2.50. The van der Waals surface area contributed by atoms with E-state index in [1.54, 1.807) is 0 Å². The molecule has 1 N–H and O–H groups in total. The Morgan fingerprint density at radius 3 is 3.25 bits per heavy atom. The van der Waals surface area contributed by atoms with Crippen LogP contribution in [0, 0.1) is 0 Å². The van der Waals surface area contributed by atoms with E-state index in [2.05, 4.69) is 22.8 Å². The number of aryl methyl sites for hydroxylation is 1. The smallest absolute Gasteiger partial charge is 0.00709 e. The highest BCUT2D eigenvalue weighted by molar-refractivity contribution is 7.09. The van der Waals surface area contributed by atoms with Gasteiger partial charge in [-0.2, -0.15) is 0 Å². The van der Waals surface area contributed by atoms with Crippen LogP contribution >= 0.6 is 11.3 Å². The van der Waals surface area contributed by atoms with Crippen molar-refractivity contribution in [2.75, 3.05) is 6.54 Å². The summed E-state index contributed by atoms with van der Waals surface area (Å²) in [6.45, 7) is 1.23. The van der Waals surface area contributed by atoms with Crippen LogP contribution in [0.2, 0.25) is 0 Å². The van der Waals surface area contributed by atoms with Crippen molar-refractivity contribution in [2.24, 2.45) is 0 Å². The minimum atomic E-state index is 0.798. The molecule has 2 heteroatoms. The van der Waals surface area contributed by atoms with E-state index < -0.39 is 0 Å². The third-order valence-electron chi connectivity index (χ3n) is 2.48. The zero-order chi connectivity index (χ0) is 8.23. The molecule has 0 saturated carbocycles. The van der Waals surface area contributed by atoms with Crippen molar-refractivity contribution in [2.45, 2.75) is 31.7 Å². The summed E-state index contributed by atoms with van der Waals surface area (Å²) in [4.78, 5) is 1.53. The molecule has 1 atom stereocenters. The van der Waals surface area contributed by atoms with E-state index in [0.29, 0.717) is 0 Å². The normalized spacial score (nSPS) is 23.2. The fraction of sp³-hybridized carbons (Fsp3) is 0.600. The molecule has 0 amide bonds. The number of hydrogen-bond donors (Lipinski definition) is 1. The van der Waals surface area contributed by atoms with Crippen molar-refractivity contribution in [3.63, 3.8) is 0 Å². The van der Waals surface area contributed by atoms with Crippen LogP contribution in [0.3, 0.4) is 0 Å². The van der Waals surface area contributed by atoms with Crippen molar-refractivity contribution in [1.82, 2.24) is 5.32 Å². The lowest BCUT2D eigenvalue weighted by Gasteiger charge is -2.07. The van der Waals surface area contributed by atoms with Crippen LogP contribution in [0.1, 0.15) is 24.1 Å². The predicted octanol–water partition coefficient (Wildman–Crippen LogP) is 2.43. The molecule has 2 rings (SSSR count). The van der Waals surface area contributed by atoms with E-state index in [-0.39, 0.29) is 0 Å². The van der Waals surface area contributed by atoms with Gasteiger partial charge < -0.3 is 5.32 Å². The van der Waals surface area contributed by atoms with Gasteiger partial charge in [0.15, 0.2) is 0 Å². The highest BCUT2D eigenvalue weighted by atomic mass is 32.1. The summed E-state index contributed by atoms with van der Waals surface area (Å²) < 4.78 is 0. The Hall–Kier alpha value is -0.340. The number of thiophene rings is 1. The lowest BCUT2D eigenvalue weighted by Crippen LogP contribution is -2.21. The molecule has 1 aromatic rings. The van der Waals surface area contributed by atoms with E-state index in [4.69, 9.17) is 0 Å². The molecule has 0 aliphatic carbocycles. The lowest BCUT2D eigenvalue weighted by molar-refractivity contribution is 0.561. The van der Waals surface area contributed by atoms with Gasteiger partial charge in [0.2, 0.25) is 0 Å². The highest BCUT2D eigenvalue weighted by Gasteiger charge is 2.13. The molecule has 12 heavy (non-hydrogen) atoms. The summed E-state index contributed by atoms with van der Waals surface area (Å²) in [5.74, 6) is 0. The number of nitrogens with one attached hydrogen (secondary N) is 1. The molecule has 1 fully saturated rings. The van der Waals surface area contributed by atoms with E-state index in [1.807, 2.05) is 11.3 Å². The van der Waals surface area contributed by atoms with Crippen LogP contribution in [-0.2, 0) is 6.42 Å². The maximum atomic E-state index is 3.52. The summed E-state index contributed by atoms with van der Waals surface area (Å²) in [7, 11) is 0.